The average molecular weight is 337 g/mol. The number of hydrazone groups is 1. The maximum absolute atomic E-state index is 13.7. The Morgan fingerprint density at radius 1 is 1.62 bits per heavy atom. The van der Waals surface area contributed by atoms with Crippen molar-refractivity contribution in [1.82, 2.24) is 25.0 Å². The fourth-order valence-corrected chi connectivity index (χ4v) is 1.92. The summed E-state index contributed by atoms with van der Waals surface area (Å²) < 4.78 is 16.0. The highest BCUT2D eigenvalue weighted by Crippen LogP contribution is 2.18. The Morgan fingerprint density at radius 3 is 2.88 bits per heavy atom. The first kappa shape index (κ1) is 17.2. The van der Waals surface area contributed by atoms with Gasteiger partial charge in [-0.1, -0.05) is 0 Å². The van der Waals surface area contributed by atoms with Gasteiger partial charge in [-0.25, -0.2) is 10.1 Å². The van der Waals surface area contributed by atoms with E-state index >= 15 is 0 Å². The van der Waals surface area contributed by atoms with E-state index in [1.165, 1.54) is 30.9 Å². The summed E-state index contributed by atoms with van der Waals surface area (Å²) in [6.45, 7) is 5.11. The van der Waals surface area contributed by atoms with Crippen LogP contribution in [0.5, 0.6) is 0 Å². The smallest absolute Gasteiger partial charge is 0.271 e. The Kier molecular flexibility index (Phi) is 5.02. The van der Waals surface area contributed by atoms with Crippen LogP contribution in [0.25, 0.3) is 0 Å². The van der Waals surface area contributed by atoms with Gasteiger partial charge in [0.2, 0.25) is 5.95 Å². The number of halogens is 1. The third-order valence-electron chi connectivity index (χ3n) is 3.34. The zero-order valence-corrected chi connectivity index (χ0v) is 13.3. The van der Waals surface area contributed by atoms with E-state index < -0.39 is 22.8 Å². The first-order valence-corrected chi connectivity index (χ1v) is 7.09. The molecule has 1 amide bonds. The molecule has 11 heteroatoms. The molecular formula is C13H16FN7O3. The largest absolute Gasteiger partial charge is 0.309 e. The van der Waals surface area contributed by atoms with Gasteiger partial charge in [0, 0.05) is 6.54 Å². The molecule has 1 N–H and O–H groups in total. The maximum atomic E-state index is 13.7. The lowest BCUT2D eigenvalue weighted by Crippen LogP contribution is -2.27. The highest BCUT2D eigenvalue weighted by Gasteiger charge is 2.21. The van der Waals surface area contributed by atoms with Gasteiger partial charge in [-0.05, 0) is 20.8 Å². The van der Waals surface area contributed by atoms with Gasteiger partial charge in [0.05, 0.1) is 22.9 Å². The summed E-state index contributed by atoms with van der Waals surface area (Å²) >= 11 is 0. The van der Waals surface area contributed by atoms with Crippen LogP contribution in [0.3, 0.4) is 0 Å². The number of nitro groups is 1. The van der Waals surface area contributed by atoms with Crippen molar-refractivity contribution in [2.24, 2.45) is 5.10 Å². The summed E-state index contributed by atoms with van der Waals surface area (Å²) in [5, 5.41) is 22.2. The van der Waals surface area contributed by atoms with E-state index in [0.717, 1.165) is 10.9 Å². The first-order valence-electron chi connectivity index (χ1n) is 7.09. The minimum absolute atomic E-state index is 0.135. The molecule has 10 nitrogen and oxygen atoms in total. The number of aryl methyl sites for hydroxylation is 2. The summed E-state index contributed by atoms with van der Waals surface area (Å²) in [6.07, 6.45) is 3.60. The van der Waals surface area contributed by atoms with E-state index in [2.05, 4.69) is 20.7 Å². The lowest BCUT2D eigenvalue weighted by Gasteiger charge is -2.09. The Balaban J connectivity index is 2.03. The fourth-order valence-electron chi connectivity index (χ4n) is 1.92. The number of nitrogens with one attached hydrogen (secondary N) is 1. The highest BCUT2D eigenvalue weighted by atomic mass is 19.1. The molecule has 0 aliphatic heterocycles. The van der Waals surface area contributed by atoms with Crippen molar-refractivity contribution in [3.63, 3.8) is 0 Å². The lowest BCUT2D eigenvalue weighted by molar-refractivity contribution is -0.385. The van der Waals surface area contributed by atoms with E-state index in [4.69, 9.17) is 0 Å². The minimum Gasteiger partial charge on any atom is -0.271 e. The van der Waals surface area contributed by atoms with Crippen LogP contribution >= 0.6 is 0 Å². The summed E-state index contributed by atoms with van der Waals surface area (Å²) in [7, 11) is 0. The molecule has 24 heavy (non-hydrogen) atoms. The topological polar surface area (TPSA) is 120 Å². The second kappa shape index (κ2) is 6.98. The van der Waals surface area contributed by atoms with Crippen molar-refractivity contribution in [2.45, 2.75) is 33.4 Å². The molecule has 0 unspecified atom stereocenters. The molecule has 0 fully saturated rings. The van der Waals surface area contributed by atoms with Crippen molar-refractivity contribution < 1.29 is 14.1 Å². The molecule has 0 saturated carbocycles. The van der Waals surface area contributed by atoms with Gasteiger partial charge in [0.15, 0.2) is 0 Å². The van der Waals surface area contributed by atoms with E-state index in [1.807, 2.05) is 0 Å². The molecule has 0 aliphatic rings. The molecule has 0 saturated heterocycles. The van der Waals surface area contributed by atoms with Crippen LogP contribution in [-0.2, 0) is 11.3 Å². The molecular weight excluding hydrogens is 321 g/mol. The van der Waals surface area contributed by atoms with Crippen LogP contribution in [0.1, 0.15) is 31.1 Å². The SMILES string of the molecule is CCn1ncc(/C=N\NC(=O)[C@H](C)n2cc([N+](=O)[O-])c(C)n2)c1F. The van der Waals surface area contributed by atoms with Gasteiger partial charge in [-0.15, -0.1) is 0 Å². The number of nitrogens with zero attached hydrogens (tertiary/aromatic N) is 6. The summed E-state index contributed by atoms with van der Waals surface area (Å²) in [4.78, 5) is 22.2. The van der Waals surface area contributed by atoms with Crippen LogP contribution in [-0.4, -0.2) is 36.6 Å². The predicted octanol–water partition coefficient (Wildman–Crippen LogP) is 1.17. The molecule has 2 aromatic rings. The molecule has 0 bridgehead atoms. The molecule has 0 aromatic carbocycles. The van der Waals surface area contributed by atoms with Gasteiger partial charge in [0.25, 0.3) is 5.91 Å². The van der Waals surface area contributed by atoms with E-state index in [-0.39, 0.29) is 16.9 Å². The third-order valence-corrected chi connectivity index (χ3v) is 3.34. The second-order valence-electron chi connectivity index (χ2n) is 4.95. The molecule has 0 radical (unpaired) electrons. The van der Waals surface area contributed by atoms with Gasteiger partial charge in [0.1, 0.15) is 17.9 Å². The Bertz CT molecular complexity index is 796. The number of rotatable bonds is 6. The number of carbonyl (C=O) groups is 1. The van der Waals surface area contributed by atoms with Gasteiger partial charge in [-0.3, -0.25) is 19.6 Å². The van der Waals surface area contributed by atoms with E-state index in [1.54, 1.807) is 6.92 Å². The van der Waals surface area contributed by atoms with Gasteiger partial charge < -0.3 is 0 Å². The monoisotopic (exact) mass is 337 g/mol. The number of hydrogen-bond donors (Lipinski definition) is 1. The molecule has 2 heterocycles. The first-order chi connectivity index (χ1) is 11.3. The van der Waals surface area contributed by atoms with E-state index in [9.17, 15) is 19.3 Å². The Labute approximate surface area is 136 Å². The average Bonchev–Trinajstić information content (AvgIpc) is 3.10. The number of carbonyl (C=O) groups excluding carboxylic acids is 1. The van der Waals surface area contributed by atoms with E-state index in [0.29, 0.717) is 6.54 Å². The molecule has 2 aromatic heterocycles. The zero-order valence-electron chi connectivity index (χ0n) is 13.3. The standard InChI is InChI=1S/C13H16FN7O3/c1-4-19-12(14)10(6-16-19)5-15-17-13(22)9(3)20-7-11(21(23)24)8(2)18-20/h5-7,9H,4H2,1-3H3,(H,17,22)/b15-5-/t9-/m0/s1. The summed E-state index contributed by atoms with van der Waals surface area (Å²) in [6, 6.07) is -0.822. The zero-order chi connectivity index (χ0) is 17.9. The number of aromatic nitrogens is 4. The van der Waals surface area contributed by atoms with Crippen molar-refractivity contribution in [3.8, 4) is 0 Å². The van der Waals surface area contributed by atoms with Crippen molar-refractivity contribution in [2.75, 3.05) is 0 Å². The fraction of sp³-hybridized carbons (Fsp3) is 0.385. The summed E-state index contributed by atoms with van der Waals surface area (Å²) in [5.74, 6) is -1.10. The summed E-state index contributed by atoms with van der Waals surface area (Å²) in [5.41, 5.74) is 2.40. The predicted molar refractivity (Wildman–Crippen MR) is 81.9 cm³/mol. The number of amides is 1. The van der Waals surface area contributed by atoms with Crippen LogP contribution in [0.2, 0.25) is 0 Å². The van der Waals surface area contributed by atoms with Gasteiger partial charge in [-0.2, -0.15) is 19.7 Å². The quantitative estimate of drug-likeness (QED) is 0.482. The number of hydrogen-bond acceptors (Lipinski definition) is 6. The second-order valence-corrected chi connectivity index (χ2v) is 4.95. The third kappa shape index (κ3) is 3.45. The van der Waals surface area contributed by atoms with Crippen LogP contribution < -0.4 is 5.43 Å². The highest BCUT2D eigenvalue weighted by molar-refractivity contribution is 5.83. The van der Waals surface area contributed by atoms with Crippen molar-refractivity contribution in [3.05, 3.63) is 39.7 Å². The molecule has 0 aliphatic carbocycles. The van der Waals surface area contributed by atoms with Crippen LogP contribution in [0.15, 0.2) is 17.5 Å². The minimum atomic E-state index is -0.822. The molecule has 0 spiro atoms. The molecule has 1 atom stereocenters. The lowest BCUT2D eigenvalue weighted by atomic mass is 10.3. The normalized spacial score (nSPS) is 12.5. The molecule has 2 rings (SSSR count). The van der Waals surface area contributed by atoms with Crippen LogP contribution in [0, 0.1) is 23.0 Å². The Morgan fingerprint density at radius 2 is 2.33 bits per heavy atom. The van der Waals surface area contributed by atoms with Gasteiger partial charge >= 0.3 is 5.69 Å². The van der Waals surface area contributed by atoms with Crippen molar-refractivity contribution >= 4 is 17.8 Å². The maximum Gasteiger partial charge on any atom is 0.309 e. The Hall–Kier alpha value is -3.11. The van der Waals surface area contributed by atoms with Crippen LogP contribution in [0.4, 0.5) is 10.1 Å². The molecule has 128 valence electrons. The van der Waals surface area contributed by atoms with Crippen molar-refractivity contribution in [1.29, 1.82) is 0 Å².